The maximum Gasteiger partial charge on any atom is 0.243 e. The van der Waals surface area contributed by atoms with Gasteiger partial charge in [0.2, 0.25) is 17.7 Å². The van der Waals surface area contributed by atoms with Gasteiger partial charge >= 0.3 is 0 Å². The monoisotopic (exact) mass is 434 g/mol. The number of hydrogen-bond donors (Lipinski definition) is 1. The summed E-state index contributed by atoms with van der Waals surface area (Å²) in [5.74, 6) is -0.378. The topological polar surface area (TPSA) is 73.0 Å². The van der Waals surface area contributed by atoms with Gasteiger partial charge in [0.25, 0.3) is 0 Å². The Kier molecular flexibility index (Phi) is 7.04. The van der Waals surface area contributed by atoms with Gasteiger partial charge in [0.15, 0.2) is 0 Å². The van der Waals surface area contributed by atoms with Gasteiger partial charge in [-0.3, -0.25) is 14.4 Å². The Balaban J connectivity index is 1.33. The SMILES string of the molecule is O=C1NCCN(C(=O)CCc2ccccc2)[C@H]1CC(=O)N1CCN(c2ccccc2)CC1. The van der Waals surface area contributed by atoms with Crippen molar-refractivity contribution in [2.75, 3.05) is 44.2 Å². The van der Waals surface area contributed by atoms with Crippen LogP contribution in [0.25, 0.3) is 0 Å². The van der Waals surface area contributed by atoms with Crippen LogP contribution in [-0.4, -0.2) is 72.8 Å². The van der Waals surface area contributed by atoms with Crippen molar-refractivity contribution < 1.29 is 14.4 Å². The van der Waals surface area contributed by atoms with Crippen molar-refractivity contribution >= 4 is 23.4 Å². The molecular formula is C25H30N4O3. The summed E-state index contributed by atoms with van der Waals surface area (Å²) in [6.07, 6.45) is 0.992. The van der Waals surface area contributed by atoms with Crippen molar-refractivity contribution in [3.63, 3.8) is 0 Å². The molecule has 2 aromatic carbocycles. The van der Waals surface area contributed by atoms with Crippen LogP contribution in [0, 0.1) is 0 Å². The highest BCUT2D eigenvalue weighted by atomic mass is 16.2. The molecule has 0 radical (unpaired) electrons. The molecule has 32 heavy (non-hydrogen) atoms. The Hall–Kier alpha value is -3.35. The van der Waals surface area contributed by atoms with E-state index in [2.05, 4.69) is 22.3 Å². The average Bonchev–Trinajstić information content (AvgIpc) is 2.85. The molecule has 2 heterocycles. The molecule has 0 aromatic heterocycles. The van der Waals surface area contributed by atoms with Crippen LogP contribution >= 0.6 is 0 Å². The molecule has 0 spiro atoms. The molecule has 2 aliphatic heterocycles. The van der Waals surface area contributed by atoms with E-state index in [1.54, 1.807) is 4.90 Å². The second-order valence-electron chi connectivity index (χ2n) is 8.29. The minimum Gasteiger partial charge on any atom is -0.368 e. The number of amides is 3. The van der Waals surface area contributed by atoms with Crippen molar-refractivity contribution in [3.05, 3.63) is 66.2 Å². The zero-order chi connectivity index (χ0) is 22.3. The molecule has 0 unspecified atom stereocenters. The molecule has 7 nitrogen and oxygen atoms in total. The largest absolute Gasteiger partial charge is 0.368 e. The van der Waals surface area contributed by atoms with E-state index in [4.69, 9.17) is 0 Å². The summed E-state index contributed by atoms with van der Waals surface area (Å²) in [7, 11) is 0. The molecule has 7 heteroatoms. The summed E-state index contributed by atoms with van der Waals surface area (Å²) < 4.78 is 0. The van der Waals surface area contributed by atoms with Crippen LogP contribution in [0.1, 0.15) is 18.4 Å². The molecule has 1 N–H and O–H groups in total. The van der Waals surface area contributed by atoms with Gasteiger partial charge in [-0.2, -0.15) is 0 Å². The first kappa shape index (κ1) is 21.9. The van der Waals surface area contributed by atoms with E-state index >= 15 is 0 Å². The molecule has 168 valence electrons. The number of aryl methyl sites for hydroxylation is 1. The van der Waals surface area contributed by atoms with Crippen LogP contribution in [0.2, 0.25) is 0 Å². The maximum atomic E-state index is 13.0. The number of nitrogens with zero attached hydrogens (tertiary/aromatic N) is 3. The summed E-state index contributed by atoms with van der Waals surface area (Å²) >= 11 is 0. The average molecular weight is 435 g/mol. The molecule has 0 aliphatic carbocycles. The van der Waals surface area contributed by atoms with E-state index in [0.717, 1.165) is 24.3 Å². The van der Waals surface area contributed by atoms with Gasteiger partial charge in [0.1, 0.15) is 6.04 Å². The zero-order valence-electron chi connectivity index (χ0n) is 18.3. The first-order valence-corrected chi connectivity index (χ1v) is 11.3. The lowest BCUT2D eigenvalue weighted by Crippen LogP contribution is -2.59. The third kappa shape index (κ3) is 5.28. The van der Waals surface area contributed by atoms with Crippen LogP contribution in [0.4, 0.5) is 5.69 Å². The number of para-hydroxylation sites is 1. The van der Waals surface area contributed by atoms with E-state index in [-0.39, 0.29) is 24.1 Å². The highest BCUT2D eigenvalue weighted by Crippen LogP contribution is 2.18. The number of rotatable bonds is 6. The molecule has 0 bridgehead atoms. The third-order valence-electron chi connectivity index (χ3n) is 6.24. The second-order valence-corrected chi connectivity index (χ2v) is 8.29. The molecule has 0 saturated carbocycles. The number of anilines is 1. The fourth-order valence-electron chi connectivity index (χ4n) is 4.40. The first-order chi connectivity index (χ1) is 15.6. The predicted octanol–water partition coefficient (Wildman–Crippen LogP) is 1.69. The number of benzene rings is 2. The minimum absolute atomic E-state index is 0.0360. The van der Waals surface area contributed by atoms with Crippen molar-refractivity contribution in [1.29, 1.82) is 0 Å². The molecule has 2 aliphatic rings. The molecule has 2 aromatic rings. The smallest absolute Gasteiger partial charge is 0.243 e. The van der Waals surface area contributed by atoms with Crippen LogP contribution in [0.5, 0.6) is 0 Å². The van der Waals surface area contributed by atoms with Gasteiger partial charge < -0.3 is 20.0 Å². The van der Waals surface area contributed by atoms with Crippen LogP contribution in [0.3, 0.4) is 0 Å². The lowest BCUT2D eigenvalue weighted by Gasteiger charge is -2.39. The Morgan fingerprint density at radius 1 is 0.844 bits per heavy atom. The summed E-state index contributed by atoms with van der Waals surface area (Å²) in [5.41, 5.74) is 2.24. The first-order valence-electron chi connectivity index (χ1n) is 11.3. The Morgan fingerprint density at radius 3 is 2.19 bits per heavy atom. The number of nitrogens with one attached hydrogen (secondary N) is 1. The van der Waals surface area contributed by atoms with Crippen LogP contribution in [-0.2, 0) is 20.8 Å². The summed E-state index contributed by atoms with van der Waals surface area (Å²) in [6.45, 7) is 3.61. The van der Waals surface area contributed by atoms with Crippen molar-refractivity contribution in [1.82, 2.24) is 15.1 Å². The summed E-state index contributed by atoms with van der Waals surface area (Å²) in [4.78, 5) is 44.1. The summed E-state index contributed by atoms with van der Waals surface area (Å²) in [5, 5.41) is 2.82. The summed E-state index contributed by atoms with van der Waals surface area (Å²) in [6, 6.07) is 19.3. The van der Waals surface area contributed by atoms with E-state index < -0.39 is 6.04 Å². The Bertz CT molecular complexity index is 927. The molecule has 4 rings (SSSR count). The van der Waals surface area contributed by atoms with Gasteiger partial charge in [0.05, 0.1) is 6.42 Å². The molecule has 2 saturated heterocycles. The molecule has 2 fully saturated rings. The zero-order valence-corrected chi connectivity index (χ0v) is 18.3. The predicted molar refractivity (Wildman–Crippen MR) is 123 cm³/mol. The van der Waals surface area contributed by atoms with E-state index in [1.165, 1.54) is 0 Å². The maximum absolute atomic E-state index is 13.0. The molecule has 3 amide bonds. The minimum atomic E-state index is -0.730. The van der Waals surface area contributed by atoms with Gasteiger partial charge in [-0.1, -0.05) is 48.5 Å². The van der Waals surface area contributed by atoms with Gasteiger partial charge in [-0.05, 0) is 24.1 Å². The van der Waals surface area contributed by atoms with Crippen molar-refractivity contribution in [2.24, 2.45) is 0 Å². The second kappa shape index (κ2) is 10.3. The van der Waals surface area contributed by atoms with Gasteiger partial charge in [-0.15, -0.1) is 0 Å². The lowest BCUT2D eigenvalue weighted by atomic mass is 10.0. The third-order valence-corrected chi connectivity index (χ3v) is 6.24. The Morgan fingerprint density at radius 2 is 1.50 bits per heavy atom. The molecule has 1 atom stereocenters. The van der Waals surface area contributed by atoms with Gasteiger partial charge in [-0.25, -0.2) is 0 Å². The normalized spacial score (nSPS) is 18.9. The lowest BCUT2D eigenvalue weighted by molar-refractivity contribution is -0.146. The van der Waals surface area contributed by atoms with E-state index in [9.17, 15) is 14.4 Å². The number of piperazine rings is 2. The van der Waals surface area contributed by atoms with E-state index in [1.807, 2.05) is 53.4 Å². The fraction of sp³-hybridized carbons (Fsp3) is 0.400. The van der Waals surface area contributed by atoms with Crippen molar-refractivity contribution in [3.8, 4) is 0 Å². The number of carbonyl (C=O) groups excluding carboxylic acids is 3. The highest BCUT2D eigenvalue weighted by molar-refractivity contribution is 5.93. The van der Waals surface area contributed by atoms with E-state index in [0.29, 0.717) is 39.0 Å². The number of carbonyl (C=O) groups is 3. The van der Waals surface area contributed by atoms with Crippen molar-refractivity contribution in [2.45, 2.75) is 25.3 Å². The van der Waals surface area contributed by atoms with Crippen LogP contribution < -0.4 is 10.2 Å². The standard InChI is InChI=1S/C25H30N4O3/c30-23(12-11-20-7-3-1-4-8-20)29-14-13-26-25(32)22(29)19-24(31)28-17-15-27(16-18-28)21-9-5-2-6-10-21/h1-10,22H,11-19H2,(H,26,32)/t22-/m0/s1. The fourth-order valence-corrected chi connectivity index (χ4v) is 4.40. The highest BCUT2D eigenvalue weighted by Gasteiger charge is 2.36. The number of hydrogen-bond acceptors (Lipinski definition) is 4. The quantitative estimate of drug-likeness (QED) is 0.751. The Labute approximate surface area is 189 Å². The van der Waals surface area contributed by atoms with Crippen LogP contribution in [0.15, 0.2) is 60.7 Å². The molecular weight excluding hydrogens is 404 g/mol. The van der Waals surface area contributed by atoms with Gasteiger partial charge in [0, 0.05) is 51.4 Å².